The number of rotatable bonds is 11. The molecule has 0 aliphatic rings. The molecule has 0 saturated carbocycles. The smallest absolute Gasteiger partial charge is 0.300 e. The summed E-state index contributed by atoms with van der Waals surface area (Å²) in [5, 5.41) is 0.918. The minimum absolute atomic E-state index is 0.0439. The number of hydrogen-bond acceptors (Lipinski definition) is 8. The summed E-state index contributed by atoms with van der Waals surface area (Å²) < 4.78 is 43.2. The number of benzene rings is 3. The zero-order valence-electron chi connectivity index (χ0n) is 22.5. The van der Waals surface area contributed by atoms with Crippen LogP contribution in [0, 0.1) is 13.8 Å². The molecule has 1 aromatic heterocycles. The molecular formula is C29H31BrN2O5S2. The molecule has 0 aliphatic carbocycles. The number of fused-ring (bicyclic) bond motifs is 1. The minimum atomic E-state index is -3.87. The van der Waals surface area contributed by atoms with Gasteiger partial charge in [0.1, 0.15) is 28.0 Å². The second kappa shape index (κ2) is 12.5. The first-order valence-electron chi connectivity index (χ1n) is 12.4. The first-order valence-corrected chi connectivity index (χ1v) is 15.4. The second-order valence-corrected chi connectivity index (χ2v) is 12.5. The summed E-state index contributed by atoms with van der Waals surface area (Å²) in [7, 11) is -0.233. The summed E-state index contributed by atoms with van der Waals surface area (Å²) in [6.07, 6.45) is 4.05. The fourth-order valence-corrected chi connectivity index (χ4v) is 6.57. The number of anilines is 1. The van der Waals surface area contributed by atoms with Crippen LogP contribution in [-0.2, 0) is 14.3 Å². The zero-order valence-corrected chi connectivity index (χ0v) is 25.7. The lowest BCUT2D eigenvalue weighted by Gasteiger charge is -2.22. The molecule has 0 N–H and O–H groups in total. The molecule has 206 valence electrons. The van der Waals surface area contributed by atoms with Crippen molar-refractivity contribution in [2.75, 3.05) is 38.8 Å². The highest BCUT2D eigenvalue weighted by molar-refractivity contribution is 9.10. The van der Waals surface area contributed by atoms with Crippen LogP contribution in [0.25, 0.3) is 22.4 Å². The van der Waals surface area contributed by atoms with Gasteiger partial charge in [0, 0.05) is 12.7 Å². The van der Waals surface area contributed by atoms with E-state index in [1.165, 1.54) is 6.07 Å². The van der Waals surface area contributed by atoms with Crippen molar-refractivity contribution in [2.24, 2.45) is 0 Å². The van der Waals surface area contributed by atoms with Gasteiger partial charge in [-0.1, -0.05) is 18.2 Å². The molecule has 0 saturated heterocycles. The predicted octanol–water partition coefficient (Wildman–Crippen LogP) is 7.10. The Hall–Kier alpha value is -2.92. The molecule has 0 spiro atoms. The van der Waals surface area contributed by atoms with Gasteiger partial charge in [-0.25, -0.2) is 4.98 Å². The molecule has 0 aliphatic heterocycles. The van der Waals surface area contributed by atoms with Crippen LogP contribution in [-0.4, -0.2) is 47.3 Å². The number of nitrogens with zero attached hydrogens (tertiary/aromatic N) is 2. The molecule has 0 fully saturated rings. The molecule has 3 aromatic carbocycles. The van der Waals surface area contributed by atoms with E-state index in [0.29, 0.717) is 18.9 Å². The predicted molar refractivity (Wildman–Crippen MR) is 163 cm³/mol. The van der Waals surface area contributed by atoms with Crippen molar-refractivity contribution in [1.82, 2.24) is 4.98 Å². The van der Waals surface area contributed by atoms with Gasteiger partial charge < -0.3 is 14.4 Å². The fourth-order valence-electron chi connectivity index (χ4n) is 4.09. The van der Waals surface area contributed by atoms with Gasteiger partial charge in [0.05, 0.1) is 35.0 Å². The lowest BCUT2D eigenvalue weighted by Crippen LogP contribution is -2.24. The lowest BCUT2D eigenvalue weighted by molar-refractivity contribution is 0.307. The molecule has 10 heteroatoms. The van der Waals surface area contributed by atoms with Crippen molar-refractivity contribution in [3.8, 4) is 11.5 Å². The maximum atomic E-state index is 12.5. The topological polar surface area (TPSA) is 78.0 Å². The van der Waals surface area contributed by atoms with Gasteiger partial charge in [0.25, 0.3) is 0 Å². The van der Waals surface area contributed by atoms with Crippen LogP contribution in [0.4, 0.5) is 5.69 Å². The van der Waals surface area contributed by atoms with E-state index in [4.69, 9.17) is 18.6 Å². The van der Waals surface area contributed by atoms with Crippen molar-refractivity contribution < 1.29 is 22.1 Å². The third kappa shape index (κ3) is 7.00. The Kier molecular flexibility index (Phi) is 9.32. The van der Waals surface area contributed by atoms with Gasteiger partial charge in [-0.05, 0) is 95.9 Å². The number of aryl methyl sites for hydroxylation is 2. The number of methoxy groups -OCH3 is 1. The average molecular weight is 632 g/mol. The van der Waals surface area contributed by atoms with Gasteiger partial charge in [-0.2, -0.15) is 8.42 Å². The summed E-state index contributed by atoms with van der Waals surface area (Å²) >= 11 is 5.15. The highest BCUT2D eigenvalue weighted by Gasteiger charge is 2.20. The zero-order chi connectivity index (χ0) is 28.2. The van der Waals surface area contributed by atoms with Crippen molar-refractivity contribution >= 4 is 65.4 Å². The van der Waals surface area contributed by atoms with E-state index < -0.39 is 10.1 Å². The largest absolute Gasteiger partial charge is 0.496 e. The lowest BCUT2D eigenvalue weighted by atomic mass is 10.1. The van der Waals surface area contributed by atoms with E-state index in [2.05, 4.69) is 39.9 Å². The SMILES string of the molecule is CCOS(=O)(=O)c1ccc(C)cc1OCCN(C)c1cc2sc(/C=C/c3ccc(OC)c(Br)c3)nc2cc1C. The van der Waals surface area contributed by atoms with Crippen LogP contribution in [0.15, 0.2) is 57.9 Å². The standard InChI is InChI=1S/C29H31BrN2O5S2/c1-6-37-39(33,34)28-11-7-19(2)15-26(28)36-14-13-32(4)24-18-27-23(16-20(24)3)31-29(38-27)12-9-21-8-10-25(35-5)22(30)17-21/h7-12,15-18H,6,13-14H2,1-5H3/b12-9+. The summed E-state index contributed by atoms with van der Waals surface area (Å²) in [6.45, 7) is 6.52. The molecule has 0 amide bonds. The first kappa shape index (κ1) is 29.1. The molecule has 1 heterocycles. The molecule has 39 heavy (non-hydrogen) atoms. The van der Waals surface area contributed by atoms with E-state index in [1.807, 2.05) is 44.3 Å². The molecule has 4 aromatic rings. The van der Waals surface area contributed by atoms with Crippen LogP contribution in [0.3, 0.4) is 0 Å². The maximum Gasteiger partial charge on any atom is 0.300 e. The number of thiazole rings is 1. The number of ether oxygens (including phenoxy) is 2. The molecule has 0 bridgehead atoms. The van der Waals surface area contributed by atoms with E-state index in [1.54, 1.807) is 37.5 Å². The van der Waals surface area contributed by atoms with Crippen molar-refractivity contribution in [2.45, 2.75) is 25.7 Å². The van der Waals surface area contributed by atoms with E-state index >= 15 is 0 Å². The Morgan fingerprint density at radius 2 is 1.85 bits per heavy atom. The molecular weight excluding hydrogens is 600 g/mol. The Morgan fingerprint density at radius 1 is 1.05 bits per heavy atom. The van der Waals surface area contributed by atoms with Crippen LogP contribution < -0.4 is 14.4 Å². The molecule has 0 unspecified atom stereocenters. The number of halogens is 1. The third-order valence-electron chi connectivity index (χ3n) is 6.05. The molecule has 7 nitrogen and oxygen atoms in total. The summed E-state index contributed by atoms with van der Waals surface area (Å²) in [5.41, 5.74) is 5.07. The Balaban J connectivity index is 1.47. The van der Waals surface area contributed by atoms with E-state index in [9.17, 15) is 8.42 Å². The normalized spacial score (nSPS) is 11.8. The maximum absolute atomic E-state index is 12.5. The Bertz CT molecular complexity index is 1620. The van der Waals surface area contributed by atoms with Crippen molar-refractivity contribution in [1.29, 1.82) is 0 Å². The quantitative estimate of drug-likeness (QED) is 0.164. The Labute approximate surface area is 242 Å². The van der Waals surface area contributed by atoms with Gasteiger partial charge in [-0.3, -0.25) is 4.18 Å². The number of aromatic nitrogens is 1. The number of likely N-dealkylation sites (N-methyl/N-ethyl adjacent to an activating group) is 1. The fraction of sp³-hybridized carbons (Fsp3) is 0.276. The molecule has 0 radical (unpaired) electrons. The van der Waals surface area contributed by atoms with Crippen molar-refractivity contribution in [3.63, 3.8) is 0 Å². The van der Waals surface area contributed by atoms with Gasteiger partial charge in [0.2, 0.25) is 0 Å². The number of hydrogen-bond donors (Lipinski definition) is 0. The average Bonchev–Trinajstić information content (AvgIpc) is 3.28. The molecule has 4 rings (SSSR count). The van der Waals surface area contributed by atoms with Gasteiger partial charge >= 0.3 is 10.1 Å². The van der Waals surface area contributed by atoms with Crippen LogP contribution in [0.2, 0.25) is 0 Å². The molecule has 0 atom stereocenters. The monoisotopic (exact) mass is 630 g/mol. The van der Waals surface area contributed by atoms with E-state index in [0.717, 1.165) is 47.8 Å². The van der Waals surface area contributed by atoms with Crippen LogP contribution in [0.5, 0.6) is 11.5 Å². The van der Waals surface area contributed by atoms with E-state index in [-0.39, 0.29) is 11.5 Å². The summed E-state index contributed by atoms with van der Waals surface area (Å²) in [4.78, 5) is 6.93. The van der Waals surface area contributed by atoms with Gasteiger partial charge in [0.15, 0.2) is 0 Å². The summed E-state index contributed by atoms with van der Waals surface area (Å²) in [5.74, 6) is 1.09. The second-order valence-electron chi connectivity index (χ2n) is 8.97. The highest BCUT2D eigenvalue weighted by atomic mass is 79.9. The minimum Gasteiger partial charge on any atom is -0.496 e. The van der Waals surface area contributed by atoms with Crippen LogP contribution >= 0.6 is 27.3 Å². The van der Waals surface area contributed by atoms with Crippen molar-refractivity contribution in [3.05, 3.63) is 74.7 Å². The van der Waals surface area contributed by atoms with Crippen LogP contribution in [0.1, 0.15) is 28.6 Å². The highest BCUT2D eigenvalue weighted by Crippen LogP contribution is 2.32. The Morgan fingerprint density at radius 3 is 2.56 bits per heavy atom. The summed E-state index contributed by atoms with van der Waals surface area (Å²) in [6, 6.07) is 15.1. The van der Waals surface area contributed by atoms with Gasteiger partial charge in [-0.15, -0.1) is 11.3 Å². The third-order valence-corrected chi connectivity index (χ3v) is 9.08. The first-order chi connectivity index (χ1) is 18.6.